The molecule has 1 N–H and O–H groups in total. The molecule has 2 nitrogen and oxygen atoms in total. The molecule has 2 aliphatic carbocycles. The Morgan fingerprint density at radius 2 is 1.96 bits per heavy atom. The van der Waals surface area contributed by atoms with E-state index in [1.54, 1.807) is 5.57 Å². The van der Waals surface area contributed by atoms with Gasteiger partial charge in [0, 0.05) is 0 Å². The number of rotatable bonds is 6. The van der Waals surface area contributed by atoms with Gasteiger partial charge in [-0.2, -0.15) is 0 Å². The van der Waals surface area contributed by atoms with Crippen LogP contribution in [0.25, 0.3) is 0 Å². The first-order valence-electron chi connectivity index (χ1n) is 10.2. The molecule has 0 aromatic heterocycles. The van der Waals surface area contributed by atoms with Gasteiger partial charge in [-0.3, -0.25) is 0 Å². The predicted molar refractivity (Wildman–Crippen MR) is 108 cm³/mol. The lowest BCUT2D eigenvalue weighted by molar-refractivity contribution is -0.0390. The van der Waals surface area contributed by atoms with E-state index in [0.717, 1.165) is 30.4 Å². The SMILES string of the molecule is CC1=CC[C@@H]2C(C)(C)CCC[C@]2(C)[C@@H]1CC/C(C)=C/CCC(C)=NO. The van der Waals surface area contributed by atoms with Crippen LogP contribution in [0.4, 0.5) is 0 Å². The monoisotopic (exact) mass is 345 g/mol. The topological polar surface area (TPSA) is 32.6 Å². The molecule has 0 aliphatic heterocycles. The summed E-state index contributed by atoms with van der Waals surface area (Å²) in [5.41, 5.74) is 4.89. The molecule has 0 unspecified atom stereocenters. The first-order chi connectivity index (χ1) is 11.7. The summed E-state index contributed by atoms with van der Waals surface area (Å²) in [5, 5.41) is 12.0. The van der Waals surface area contributed by atoms with Crippen LogP contribution in [-0.2, 0) is 0 Å². The van der Waals surface area contributed by atoms with Gasteiger partial charge in [0.1, 0.15) is 0 Å². The van der Waals surface area contributed by atoms with Gasteiger partial charge in [-0.05, 0) is 88.4 Å². The second-order valence-electron chi connectivity index (χ2n) is 9.60. The van der Waals surface area contributed by atoms with Gasteiger partial charge in [0.05, 0.1) is 5.71 Å². The second-order valence-corrected chi connectivity index (χ2v) is 9.60. The molecular formula is C23H39NO. The third-order valence-electron chi connectivity index (χ3n) is 7.29. The zero-order chi connectivity index (χ0) is 18.7. The van der Waals surface area contributed by atoms with Crippen LogP contribution < -0.4 is 0 Å². The molecular weight excluding hydrogens is 306 g/mol. The predicted octanol–water partition coefficient (Wildman–Crippen LogP) is 7.14. The highest BCUT2D eigenvalue weighted by Gasteiger charge is 2.51. The van der Waals surface area contributed by atoms with E-state index >= 15 is 0 Å². The zero-order valence-electron chi connectivity index (χ0n) is 17.4. The van der Waals surface area contributed by atoms with Crippen molar-refractivity contribution < 1.29 is 5.21 Å². The van der Waals surface area contributed by atoms with E-state index in [-0.39, 0.29) is 0 Å². The van der Waals surface area contributed by atoms with E-state index in [0.29, 0.717) is 10.8 Å². The molecule has 2 aliphatic rings. The minimum atomic E-state index is 0.473. The van der Waals surface area contributed by atoms with Crippen molar-refractivity contribution in [2.75, 3.05) is 0 Å². The smallest absolute Gasteiger partial charge is 0.0543 e. The van der Waals surface area contributed by atoms with Crippen molar-refractivity contribution in [3.05, 3.63) is 23.3 Å². The molecule has 0 saturated heterocycles. The highest BCUT2D eigenvalue weighted by molar-refractivity contribution is 5.81. The lowest BCUT2D eigenvalue weighted by Gasteiger charge is -2.57. The normalized spacial score (nSPS) is 33.0. The fraction of sp³-hybridized carbons (Fsp3) is 0.783. The maximum Gasteiger partial charge on any atom is 0.0543 e. The summed E-state index contributed by atoms with van der Waals surface area (Å²) in [6.07, 6.45) is 14.6. The Labute approximate surface area is 155 Å². The fourth-order valence-corrected chi connectivity index (χ4v) is 5.75. The maximum atomic E-state index is 8.74. The van der Waals surface area contributed by atoms with E-state index in [1.807, 2.05) is 6.92 Å². The Morgan fingerprint density at radius 1 is 1.24 bits per heavy atom. The minimum absolute atomic E-state index is 0.473. The Balaban J connectivity index is 2.03. The molecule has 2 rings (SSSR count). The van der Waals surface area contributed by atoms with Crippen LogP contribution in [0, 0.1) is 22.7 Å². The number of allylic oxidation sites excluding steroid dienone is 4. The van der Waals surface area contributed by atoms with Gasteiger partial charge in [-0.1, -0.05) is 55.6 Å². The number of hydrogen-bond donors (Lipinski definition) is 1. The largest absolute Gasteiger partial charge is 0.411 e. The molecule has 2 heteroatoms. The van der Waals surface area contributed by atoms with Crippen LogP contribution in [0.15, 0.2) is 28.5 Å². The summed E-state index contributed by atoms with van der Waals surface area (Å²) in [6, 6.07) is 0. The third-order valence-corrected chi connectivity index (χ3v) is 7.29. The van der Waals surface area contributed by atoms with Gasteiger partial charge < -0.3 is 5.21 Å². The number of hydrogen-bond acceptors (Lipinski definition) is 2. The second kappa shape index (κ2) is 8.10. The molecule has 1 saturated carbocycles. The van der Waals surface area contributed by atoms with Crippen molar-refractivity contribution in [2.24, 2.45) is 27.8 Å². The molecule has 0 heterocycles. The van der Waals surface area contributed by atoms with Crippen LogP contribution in [0.3, 0.4) is 0 Å². The van der Waals surface area contributed by atoms with E-state index in [2.05, 4.69) is 51.9 Å². The van der Waals surface area contributed by atoms with Crippen molar-refractivity contribution in [3.63, 3.8) is 0 Å². The summed E-state index contributed by atoms with van der Waals surface area (Å²) >= 11 is 0. The van der Waals surface area contributed by atoms with Crippen molar-refractivity contribution >= 4 is 5.71 Å². The number of oxime groups is 1. The van der Waals surface area contributed by atoms with E-state index in [9.17, 15) is 0 Å². The summed E-state index contributed by atoms with van der Waals surface area (Å²) in [4.78, 5) is 0. The van der Waals surface area contributed by atoms with Crippen LogP contribution >= 0.6 is 0 Å². The van der Waals surface area contributed by atoms with Gasteiger partial charge in [-0.25, -0.2) is 0 Å². The first-order valence-corrected chi connectivity index (χ1v) is 10.2. The molecule has 0 bridgehead atoms. The molecule has 1 fully saturated rings. The highest BCUT2D eigenvalue weighted by Crippen LogP contribution is 2.60. The van der Waals surface area contributed by atoms with Crippen molar-refractivity contribution in [2.45, 2.75) is 92.9 Å². The van der Waals surface area contributed by atoms with E-state index in [4.69, 9.17) is 5.21 Å². The average molecular weight is 346 g/mol. The van der Waals surface area contributed by atoms with E-state index < -0.39 is 0 Å². The van der Waals surface area contributed by atoms with Gasteiger partial charge in [0.2, 0.25) is 0 Å². The zero-order valence-corrected chi connectivity index (χ0v) is 17.4. The molecule has 0 aromatic rings. The summed E-state index contributed by atoms with van der Waals surface area (Å²) in [7, 11) is 0. The van der Waals surface area contributed by atoms with Crippen LogP contribution in [-0.4, -0.2) is 10.9 Å². The van der Waals surface area contributed by atoms with Crippen molar-refractivity contribution in [1.82, 2.24) is 0 Å². The standard InChI is InChI=1S/C23H39NO/c1-17(9-7-10-19(3)24-25)11-13-20-18(2)12-14-21-22(4,5)15-8-16-23(20,21)6/h9,12,20-21,25H,7-8,10-11,13-16H2,1-6H3/b17-9+,24-19?/t20-,21-,23-/m1/s1. The molecule has 142 valence electrons. The van der Waals surface area contributed by atoms with Gasteiger partial charge >= 0.3 is 0 Å². The molecule has 0 spiro atoms. The Morgan fingerprint density at radius 3 is 2.64 bits per heavy atom. The summed E-state index contributed by atoms with van der Waals surface area (Å²) < 4.78 is 0. The Kier molecular flexibility index (Phi) is 6.56. The number of fused-ring (bicyclic) bond motifs is 1. The van der Waals surface area contributed by atoms with Crippen LogP contribution in [0.2, 0.25) is 0 Å². The lowest BCUT2D eigenvalue weighted by atomic mass is 9.48. The lowest BCUT2D eigenvalue weighted by Crippen LogP contribution is -2.48. The highest BCUT2D eigenvalue weighted by atomic mass is 16.4. The molecule has 0 aromatic carbocycles. The van der Waals surface area contributed by atoms with Gasteiger partial charge in [0.25, 0.3) is 0 Å². The number of nitrogens with zero attached hydrogens (tertiary/aromatic N) is 1. The van der Waals surface area contributed by atoms with Crippen molar-refractivity contribution in [3.8, 4) is 0 Å². The quantitative estimate of drug-likeness (QED) is 0.236. The van der Waals surface area contributed by atoms with Gasteiger partial charge in [-0.15, -0.1) is 0 Å². The summed E-state index contributed by atoms with van der Waals surface area (Å²) in [6.45, 7) is 14.1. The van der Waals surface area contributed by atoms with Crippen molar-refractivity contribution in [1.29, 1.82) is 0 Å². The first kappa shape index (κ1) is 20.3. The average Bonchev–Trinajstić information content (AvgIpc) is 2.53. The maximum absolute atomic E-state index is 8.74. The Bertz CT molecular complexity index is 554. The van der Waals surface area contributed by atoms with E-state index in [1.165, 1.54) is 44.1 Å². The van der Waals surface area contributed by atoms with Crippen LogP contribution in [0.1, 0.15) is 92.9 Å². The third kappa shape index (κ3) is 4.57. The minimum Gasteiger partial charge on any atom is -0.411 e. The van der Waals surface area contributed by atoms with Gasteiger partial charge in [0.15, 0.2) is 0 Å². The molecule has 25 heavy (non-hydrogen) atoms. The van der Waals surface area contributed by atoms with Crippen LogP contribution in [0.5, 0.6) is 0 Å². The molecule has 3 atom stereocenters. The molecule has 0 amide bonds. The summed E-state index contributed by atoms with van der Waals surface area (Å²) in [5.74, 6) is 1.56. The fourth-order valence-electron chi connectivity index (χ4n) is 5.75. The molecule has 0 radical (unpaired) electrons. The Hall–Kier alpha value is -1.05.